The third-order valence-corrected chi connectivity index (χ3v) is 7.13. The highest BCUT2D eigenvalue weighted by molar-refractivity contribution is 7.89. The molecular formula is C17H25N3O4S. The van der Waals surface area contributed by atoms with Crippen molar-refractivity contribution < 1.29 is 17.9 Å². The normalized spacial score (nSPS) is 23.5. The van der Waals surface area contributed by atoms with Gasteiger partial charge >= 0.3 is 0 Å². The van der Waals surface area contributed by atoms with Crippen molar-refractivity contribution in [3.63, 3.8) is 0 Å². The van der Waals surface area contributed by atoms with E-state index in [0.29, 0.717) is 18.7 Å². The molecule has 1 atom stereocenters. The van der Waals surface area contributed by atoms with Crippen LogP contribution < -0.4 is 15.4 Å². The van der Waals surface area contributed by atoms with Crippen molar-refractivity contribution in [2.75, 3.05) is 26.7 Å². The number of hydrogen-bond acceptors (Lipinski definition) is 5. The average molecular weight is 367 g/mol. The molecule has 0 bridgehead atoms. The van der Waals surface area contributed by atoms with E-state index in [1.54, 1.807) is 28.6 Å². The van der Waals surface area contributed by atoms with E-state index in [4.69, 9.17) is 4.74 Å². The van der Waals surface area contributed by atoms with E-state index in [2.05, 4.69) is 10.6 Å². The maximum absolute atomic E-state index is 13.4. The summed E-state index contributed by atoms with van der Waals surface area (Å²) in [6.45, 7) is 3.29. The largest absolute Gasteiger partial charge is 0.495 e. The minimum absolute atomic E-state index is 0.134. The van der Waals surface area contributed by atoms with E-state index < -0.39 is 15.6 Å². The molecule has 2 N–H and O–H groups in total. The first-order chi connectivity index (χ1) is 11.9. The lowest BCUT2D eigenvalue weighted by Crippen LogP contribution is -2.53. The van der Waals surface area contributed by atoms with Gasteiger partial charge in [0.1, 0.15) is 10.6 Å². The lowest BCUT2D eigenvalue weighted by atomic mass is 9.86. The molecule has 0 aromatic heterocycles. The van der Waals surface area contributed by atoms with Gasteiger partial charge in [-0.15, -0.1) is 0 Å². The number of nitrogens with one attached hydrogen (secondary N) is 2. The Morgan fingerprint density at radius 2 is 2.00 bits per heavy atom. The zero-order chi connectivity index (χ0) is 18.1. The van der Waals surface area contributed by atoms with Crippen molar-refractivity contribution in [2.45, 2.75) is 42.7 Å². The summed E-state index contributed by atoms with van der Waals surface area (Å²) >= 11 is 0. The lowest BCUT2D eigenvalue weighted by molar-refractivity contribution is -0.119. The van der Waals surface area contributed by atoms with Crippen LogP contribution in [0, 0.1) is 0 Å². The summed E-state index contributed by atoms with van der Waals surface area (Å²) in [4.78, 5) is 11.7. The van der Waals surface area contributed by atoms with Crippen LogP contribution in [0.5, 0.6) is 5.75 Å². The Bertz CT molecular complexity index is 744. The summed E-state index contributed by atoms with van der Waals surface area (Å²) in [5.41, 5.74) is -0.460. The Kier molecular flexibility index (Phi) is 5.04. The number of ether oxygens (including phenoxy) is 1. The molecule has 1 amide bonds. The maximum Gasteiger partial charge on any atom is 0.247 e. The van der Waals surface area contributed by atoms with Gasteiger partial charge in [-0.2, -0.15) is 4.31 Å². The summed E-state index contributed by atoms with van der Waals surface area (Å²) < 4.78 is 33.7. The Morgan fingerprint density at radius 1 is 1.32 bits per heavy atom. The lowest BCUT2D eigenvalue weighted by Gasteiger charge is -2.40. The molecule has 0 unspecified atom stereocenters. The van der Waals surface area contributed by atoms with Crippen LogP contribution in [0.2, 0.25) is 0 Å². The number of sulfonamides is 1. The van der Waals surface area contributed by atoms with Gasteiger partial charge in [-0.1, -0.05) is 12.1 Å². The zero-order valence-corrected chi connectivity index (χ0v) is 15.4. The van der Waals surface area contributed by atoms with E-state index in [1.807, 2.05) is 0 Å². The first kappa shape index (κ1) is 18.2. The van der Waals surface area contributed by atoms with Crippen molar-refractivity contribution >= 4 is 15.9 Å². The maximum atomic E-state index is 13.4. The summed E-state index contributed by atoms with van der Waals surface area (Å²) in [7, 11) is -2.26. The van der Waals surface area contributed by atoms with Crippen LogP contribution in [0.15, 0.2) is 29.2 Å². The molecule has 0 saturated carbocycles. The molecule has 2 aliphatic rings. The first-order valence-electron chi connectivity index (χ1n) is 8.53. The molecule has 2 fully saturated rings. The molecule has 8 heteroatoms. The molecular weight excluding hydrogens is 342 g/mol. The molecule has 25 heavy (non-hydrogen) atoms. The second-order valence-corrected chi connectivity index (χ2v) is 8.59. The minimum atomic E-state index is -3.73. The zero-order valence-electron chi connectivity index (χ0n) is 14.6. The second-order valence-electron chi connectivity index (χ2n) is 6.76. The van der Waals surface area contributed by atoms with Crippen molar-refractivity contribution in [2.24, 2.45) is 0 Å². The smallest absolute Gasteiger partial charge is 0.247 e. The van der Waals surface area contributed by atoms with Gasteiger partial charge in [0, 0.05) is 25.0 Å². The summed E-state index contributed by atoms with van der Waals surface area (Å²) in [6, 6.07) is 6.52. The summed E-state index contributed by atoms with van der Waals surface area (Å²) in [6.07, 6.45) is 2.11. The number of piperidine rings is 1. The molecule has 7 nitrogen and oxygen atoms in total. The van der Waals surface area contributed by atoms with E-state index in [0.717, 1.165) is 25.9 Å². The molecule has 2 aliphatic heterocycles. The predicted molar refractivity (Wildman–Crippen MR) is 93.9 cm³/mol. The molecule has 2 saturated heterocycles. The van der Waals surface area contributed by atoms with Gasteiger partial charge < -0.3 is 15.4 Å². The first-order valence-corrected chi connectivity index (χ1v) is 9.97. The number of benzene rings is 1. The number of amides is 1. The fourth-order valence-corrected chi connectivity index (χ4v) is 6.09. The highest BCUT2D eigenvalue weighted by atomic mass is 32.2. The van der Waals surface area contributed by atoms with Crippen LogP contribution in [0.25, 0.3) is 0 Å². The molecule has 1 spiro atoms. The predicted octanol–water partition coefficient (Wildman–Crippen LogP) is 0.717. The SMILES string of the molecule is COc1ccccc1S(=O)(=O)N1C[C@H](NC(C)=O)CC12CCNCC2. The fraction of sp³-hybridized carbons (Fsp3) is 0.588. The van der Waals surface area contributed by atoms with Crippen molar-refractivity contribution in [1.82, 2.24) is 14.9 Å². The molecule has 2 heterocycles. The molecule has 0 aliphatic carbocycles. The monoisotopic (exact) mass is 367 g/mol. The second kappa shape index (κ2) is 6.93. The number of carbonyl (C=O) groups excluding carboxylic acids is 1. The highest BCUT2D eigenvalue weighted by Gasteiger charge is 2.52. The van der Waals surface area contributed by atoms with Crippen molar-refractivity contribution in [3.05, 3.63) is 24.3 Å². The number of hydrogen-bond donors (Lipinski definition) is 2. The Morgan fingerprint density at radius 3 is 2.64 bits per heavy atom. The number of para-hydroxylation sites is 1. The Labute approximate surface area is 148 Å². The van der Waals surface area contributed by atoms with Crippen molar-refractivity contribution in [1.29, 1.82) is 0 Å². The third-order valence-electron chi connectivity index (χ3n) is 5.12. The Hall–Kier alpha value is -1.64. The molecule has 0 radical (unpaired) electrons. The van der Waals surface area contributed by atoms with Gasteiger partial charge in [-0.3, -0.25) is 4.79 Å². The van der Waals surface area contributed by atoms with Gasteiger partial charge in [-0.05, 0) is 44.5 Å². The van der Waals surface area contributed by atoms with Crippen molar-refractivity contribution in [3.8, 4) is 5.75 Å². The summed E-state index contributed by atoms with van der Waals surface area (Å²) in [5, 5.41) is 6.19. The van der Waals surface area contributed by atoms with E-state index >= 15 is 0 Å². The van der Waals surface area contributed by atoms with Gasteiger partial charge in [-0.25, -0.2) is 8.42 Å². The van der Waals surface area contributed by atoms with Crippen LogP contribution >= 0.6 is 0 Å². The molecule has 138 valence electrons. The quantitative estimate of drug-likeness (QED) is 0.819. The molecule has 1 aromatic rings. The topological polar surface area (TPSA) is 87.7 Å². The standard InChI is InChI=1S/C17H25N3O4S/c1-13(21)19-14-11-17(7-9-18-10-8-17)20(12-14)25(22,23)16-6-4-3-5-15(16)24-2/h3-6,14,18H,7-12H2,1-2H3,(H,19,21)/t14-/m1/s1. The van der Waals surface area contributed by atoms with Crippen LogP contribution in [-0.2, 0) is 14.8 Å². The van der Waals surface area contributed by atoms with E-state index in [9.17, 15) is 13.2 Å². The van der Waals surface area contributed by atoms with Gasteiger partial charge in [0.15, 0.2) is 0 Å². The number of nitrogens with zero attached hydrogens (tertiary/aromatic N) is 1. The van der Waals surface area contributed by atoms with Gasteiger partial charge in [0.05, 0.1) is 7.11 Å². The van der Waals surface area contributed by atoms with Gasteiger partial charge in [0.2, 0.25) is 15.9 Å². The summed E-state index contributed by atoms with van der Waals surface area (Å²) in [5.74, 6) is 0.209. The van der Waals surface area contributed by atoms with E-state index in [-0.39, 0.29) is 16.8 Å². The van der Waals surface area contributed by atoms with Crippen LogP contribution in [0.4, 0.5) is 0 Å². The fourth-order valence-electron chi connectivity index (χ4n) is 4.05. The van der Waals surface area contributed by atoms with Crippen LogP contribution in [0.1, 0.15) is 26.2 Å². The molecule has 3 rings (SSSR count). The van der Waals surface area contributed by atoms with Crippen LogP contribution in [-0.4, -0.2) is 57.0 Å². The Balaban J connectivity index is 2.00. The number of carbonyl (C=O) groups is 1. The average Bonchev–Trinajstić information content (AvgIpc) is 2.92. The highest BCUT2D eigenvalue weighted by Crippen LogP contribution is 2.42. The van der Waals surface area contributed by atoms with Crippen LogP contribution in [0.3, 0.4) is 0 Å². The third kappa shape index (κ3) is 3.38. The number of methoxy groups -OCH3 is 1. The molecule has 1 aromatic carbocycles. The van der Waals surface area contributed by atoms with Gasteiger partial charge in [0.25, 0.3) is 0 Å². The number of rotatable bonds is 4. The minimum Gasteiger partial charge on any atom is -0.495 e. The van der Waals surface area contributed by atoms with E-state index in [1.165, 1.54) is 14.0 Å².